The average molecular weight is 431 g/mol. The van der Waals surface area contributed by atoms with Crippen LogP contribution in [-0.2, 0) is 11.2 Å². The smallest absolute Gasteiger partial charge is 0.237 e. The molecule has 0 fully saturated rings. The molecule has 2 N–H and O–H groups in total. The van der Waals surface area contributed by atoms with Crippen LogP contribution in [0.25, 0.3) is 0 Å². The Hall–Kier alpha value is -2.05. The molecular formula is C24H34N2O3S. The highest BCUT2D eigenvalue weighted by atomic mass is 32.1. The lowest BCUT2D eigenvalue weighted by molar-refractivity contribution is -0.124. The number of ether oxygens (including phenoxy) is 2. The van der Waals surface area contributed by atoms with E-state index in [1.807, 2.05) is 29.5 Å². The molecule has 2 heterocycles. The molecule has 1 amide bonds. The summed E-state index contributed by atoms with van der Waals surface area (Å²) in [6, 6.07) is 10.0. The zero-order chi connectivity index (χ0) is 21.2. The highest BCUT2D eigenvalue weighted by Crippen LogP contribution is 2.34. The molecule has 2 aromatic rings. The van der Waals surface area contributed by atoms with Gasteiger partial charge >= 0.3 is 0 Å². The van der Waals surface area contributed by atoms with Gasteiger partial charge in [0.15, 0.2) is 11.5 Å². The van der Waals surface area contributed by atoms with E-state index in [1.165, 1.54) is 4.88 Å². The second-order valence-electron chi connectivity index (χ2n) is 7.77. The number of hydrogen-bond acceptors (Lipinski definition) is 5. The van der Waals surface area contributed by atoms with Gasteiger partial charge in [0.25, 0.3) is 0 Å². The number of thiophene rings is 1. The number of benzene rings is 1. The Bertz CT molecular complexity index is 779. The Morgan fingerprint density at radius 2 is 2.00 bits per heavy atom. The Kier molecular flexibility index (Phi) is 9.02. The van der Waals surface area contributed by atoms with Crippen LogP contribution in [0.2, 0.25) is 0 Å². The normalized spacial score (nSPS) is 14.5. The average Bonchev–Trinajstić information content (AvgIpc) is 3.45. The summed E-state index contributed by atoms with van der Waals surface area (Å²) >= 11 is 1.82. The van der Waals surface area contributed by atoms with E-state index >= 15 is 0 Å². The predicted molar refractivity (Wildman–Crippen MR) is 122 cm³/mol. The first-order valence-corrected chi connectivity index (χ1v) is 12.0. The number of aryl methyl sites for hydroxylation is 1. The number of amides is 1. The van der Waals surface area contributed by atoms with Crippen molar-refractivity contribution in [3.63, 3.8) is 0 Å². The third-order valence-corrected chi connectivity index (χ3v) is 6.44. The maximum absolute atomic E-state index is 13.0. The van der Waals surface area contributed by atoms with Crippen LogP contribution in [0.3, 0.4) is 0 Å². The topological polar surface area (TPSA) is 59.6 Å². The van der Waals surface area contributed by atoms with Gasteiger partial charge in [0.2, 0.25) is 12.7 Å². The SMILES string of the molecule is CCCCC(NCCCCc1cccs1)C(=O)NC(CC)c1ccc2c(c1)OCO2. The molecule has 1 aromatic heterocycles. The minimum Gasteiger partial charge on any atom is -0.454 e. The van der Waals surface area contributed by atoms with E-state index in [1.54, 1.807) is 0 Å². The van der Waals surface area contributed by atoms with Crippen LogP contribution in [0.5, 0.6) is 11.5 Å². The maximum Gasteiger partial charge on any atom is 0.237 e. The number of carbonyl (C=O) groups excluding carboxylic acids is 1. The third kappa shape index (κ3) is 6.47. The van der Waals surface area contributed by atoms with Crippen LogP contribution in [0.15, 0.2) is 35.7 Å². The number of nitrogens with one attached hydrogen (secondary N) is 2. The van der Waals surface area contributed by atoms with Gasteiger partial charge in [-0.2, -0.15) is 0 Å². The number of rotatable bonds is 13. The van der Waals surface area contributed by atoms with Crippen LogP contribution >= 0.6 is 11.3 Å². The standard InChI is InChI=1S/C24H34N2O3S/c1-3-5-11-21(25-14-7-6-9-19-10-8-15-30-19)24(27)26-20(4-2)18-12-13-22-23(16-18)29-17-28-22/h8,10,12-13,15-16,20-21,25H,3-7,9,11,14,17H2,1-2H3,(H,26,27). The van der Waals surface area contributed by atoms with Gasteiger partial charge in [0, 0.05) is 4.88 Å². The summed E-state index contributed by atoms with van der Waals surface area (Å²) in [5.41, 5.74) is 1.06. The molecule has 1 aromatic carbocycles. The van der Waals surface area contributed by atoms with E-state index in [0.29, 0.717) is 0 Å². The summed E-state index contributed by atoms with van der Waals surface area (Å²) in [6.07, 6.45) is 7.16. The minimum atomic E-state index is -0.144. The summed E-state index contributed by atoms with van der Waals surface area (Å²) < 4.78 is 10.9. The minimum absolute atomic E-state index is 0.0308. The molecule has 2 atom stereocenters. The van der Waals surface area contributed by atoms with Crippen LogP contribution in [-0.4, -0.2) is 25.3 Å². The van der Waals surface area contributed by atoms with Crippen molar-refractivity contribution in [2.24, 2.45) is 0 Å². The van der Waals surface area contributed by atoms with Gasteiger partial charge in [-0.1, -0.05) is 38.8 Å². The monoisotopic (exact) mass is 430 g/mol. The molecule has 0 spiro atoms. The second-order valence-corrected chi connectivity index (χ2v) is 8.80. The van der Waals surface area contributed by atoms with Crippen molar-refractivity contribution in [3.05, 3.63) is 46.2 Å². The van der Waals surface area contributed by atoms with E-state index in [-0.39, 0.29) is 24.8 Å². The zero-order valence-electron chi connectivity index (χ0n) is 18.1. The molecule has 5 nitrogen and oxygen atoms in total. The zero-order valence-corrected chi connectivity index (χ0v) is 18.9. The van der Waals surface area contributed by atoms with E-state index in [9.17, 15) is 4.79 Å². The lowest BCUT2D eigenvalue weighted by atomic mass is 10.0. The Balaban J connectivity index is 1.51. The van der Waals surface area contributed by atoms with Crippen LogP contribution in [0, 0.1) is 0 Å². The van der Waals surface area contributed by atoms with Gasteiger partial charge in [-0.05, 0) is 67.8 Å². The quantitative estimate of drug-likeness (QED) is 0.428. The molecule has 0 saturated carbocycles. The fraction of sp³-hybridized carbons (Fsp3) is 0.542. The van der Waals surface area contributed by atoms with Crippen molar-refractivity contribution in [1.29, 1.82) is 0 Å². The summed E-state index contributed by atoms with van der Waals surface area (Å²) in [6.45, 7) is 5.39. The Labute approximate surface area is 184 Å². The predicted octanol–water partition coefficient (Wildman–Crippen LogP) is 5.22. The van der Waals surface area contributed by atoms with E-state index < -0.39 is 0 Å². The molecule has 164 valence electrons. The molecule has 2 unspecified atom stereocenters. The molecular weight excluding hydrogens is 396 g/mol. The molecule has 30 heavy (non-hydrogen) atoms. The maximum atomic E-state index is 13.0. The molecule has 6 heteroatoms. The fourth-order valence-corrected chi connectivity index (χ4v) is 4.46. The first-order valence-electron chi connectivity index (χ1n) is 11.2. The van der Waals surface area contributed by atoms with Gasteiger partial charge in [-0.3, -0.25) is 4.79 Å². The first-order chi connectivity index (χ1) is 14.7. The highest BCUT2D eigenvalue weighted by Gasteiger charge is 2.22. The number of unbranched alkanes of at least 4 members (excludes halogenated alkanes) is 2. The van der Waals surface area contributed by atoms with E-state index in [2.05, 4.69) is 42.0 Å². The van der Waals surface area contributed by atoms with Crippen LogP contribution < -0.4 is 20.1 Å². The molecule has 1 aliphatic rings. The van der Waals surface area contributed by atoms with Crippen molar-refractivity contribution in [3.8, 4) is 11.5 Å². The van der Waals surface area contributed by atoms with Gasteiger partial charge in [-0.25, -0.2) is 0 Å². The van der Waals surface area contributed by atoms with Crippen LogP contribution in [0.4, 0.5) is 0 Å². The highest BCUT2D eigenvalue weighted by molar-refractivity contribution is 7.09. The van der Waals surface area contributed by atoms with Gasteiger partial charge in [0.1, 0.15) is 0 Å². The van der Waals surface area contributed by atoms with Crippen molar-refractivity contribution in [2.45, 2.75) is 70.9 Å². The Morgan fingerprint density at radius 1 is 1.13 bits per heavy atom. The van der Waals surface area contributed by atoms with Crippen molar-refractivity contribution in [1.82, 2.24) is 10.6 Å². The van der Waals surface area contributed by atoms with Crippen molar-refractivity contribution >= 4 is 17.2 Å². The lowest BCUT2D eigenvalue weighted by Crippen LogP contribution is -2.45. The second kappa shape index (κ2) is 12.0. The van der Waals surface area contributed by atoms with Gasteiger partial charge < -0.3 is 20.1 Å². The van der Waals surface area contributed by atoms with Gasteiger partial charge in [0.05, 0.1) is 12.1 Å². The molecule has 0 bridgehead atoms. The van der Waals surface area contributed by atoms with Crippen molar-refractivity contribution in [2.75, 3.05) is 13.3 Å². The van der Waals surface area contributed by atoms with E-state index in [0.717, 1.165) is 68.6 Å². The Morgan fingerprint density at radius 3 is 2.77 bits per heavy atom. The number of hydrogen-bond donors (Lipinski definition) is 2. The number of carbonyl (C=O) groups is 1. The molecule has 1 aliphatic heterocycles. The first kappa shape index (κ1) is 22.6. The fourth-order valence-electron chi connectivity index (χ4n) is 3.71. The molecule has 0 radical (unpaired) electrons. The molecule has 3 rings (SSSR count). The molecule has 0 saturated heterocycles. The summed E-state index contributed by atoms with van der Waals surface area (Å²) in [5, 5.41) is 8.88. The molecule has 0 aliphatic carbocycles. The summed E-state index contributed by atoms with van der Waals surface area (Å²) in [5.74, 6) is 1.61. The van der Waals surface area contributed by atoms with E-state index in [4.69, 9.17) is 9.47 Å². The summed E-state index contributed by atoms with van der Waals surface area (Å²) in [7, 11) is 0. The van der Waals surface area contributed by atoms with Crippen molar-refractivity contribution < 1.29 is 14.3 Å². The van der Waals surface area contributed by atoms with Crippen LogP contribution in [0.1, 0.15) is 68.9 Å². The number of fused-ring (bicyclic) bond motifs is 1. The largest absolute Gasteiger partial charge is 0.454 e. The lowest BCUT2D eigenvalue weighted by Gasteiger charge is -2.23. The van der Waals surface area contributed by atoms with Gasteiger partial charge in [-0.15, -0.1) is 11.3 Å². The summed E-state index contributed by atoms with van der Waals surface area (Å²) in [4.78, 5) is 14.5. The third-order valence-electron chi connectivity index (χ3n) is 5.51.